The van der Waals surface area contributed by atoms with Crippen LogP contribution in [-0.4, -0.2) is 26.9 Å². The number of carbonyl (C=O) groups excluding carboxylic acids is 1. The number of unbranched alkanes of at least 4 members (excludes halogenated alkanes) is 1. The number of imidazole rings is 1. The van der Waals surface area contributed by atoms with Gasteiger partial charge >= 0.3 is 0 Å². The number of hydrogen-bond donors (Lipinski definition) is 2. The highest BCUT2D eigenvalue weighted by atomic mass is 16.1. The van der Waals surface area contributed by atoms with Crippen LogP contribution in [0.25, 0.3) is 5.65 Å². The quantitative estimate of drug-likeness (QED) is 0.488. The van der Waals surface area contributed by atoms with E-state index in [-0.39, 0.29) is 5.78 Å². The Labute approximate surface area is 147 Å². The first-order chi connectivity index (χ1) is 12.2. The van der Waals surface area contributed by atoms with Gasteiger partial charge in [0.1, 0.15) is 11.5 Å². The van der Waals surface area contributed by atoms with Crippen LogP contribution in [0.2, 0.25) is 0 Å². The van der Waals surface area contributed by atoms with Crippen LogP contribution in [0, 0.1) is 0 Å². The molecule has 2 heterocycles. The van der Waals surface area contributed by atoms with Gasteiger partial charge in [-0.25, -0.2) is 9.50 Å². The van der Waals surface area contributed by atoms with Crippen LogP contribution in [0.1, 0.15) is 41.4 Å². The van der Waals surface area contributed by atoms with Crippen LogP contribution in [0.4, 0.5) is 5.82 Å². The molecule has 6 heteroatoms. The molecule has 0 unspecified atom stereocenters. The highest BCUT2D eigenvalue weighted by molar-refractivity contribution is 5.96. The molecule has 0 aliphatic heterocycles. The van der Waals surface area contributed by atoms with E-state index in [0.29, 0.717) is 24.3 Å². The Balaban J connectivity index is 1.78. The lowest BCUT2D eigenvalue weighted by molar-refractivity contribution is 0.0986. The third-order valence-electron chi connectivity index (χ3n) is 4.11. The normalized spacial score (nSPS) is 11.0. The first kappa shape index (κ1) is 17.1. The molecule has 130 valence electrons. The van der Waals surface area contributed by atoms with E-state index in [4.69, 9.17) is 5.73 Å². The largest absolute Gasteiger partial charge is 0.369 e. The minimum Gasteiger partial charge on any atom is -0.369 e. The van der Waals surface area contributed by atoms with E-state index in [1.54, 1.807) is 10.7 Å². The second-order valence-corrected chi connectivity index (χ2v) is 6.03. The third-order valence-corrected chi connectivity index (χ3v) is 4.11. The molecule has 0 aliphatic rings. The lowest BCUT2D eigenvalue weighted by Crippen LogP contribution is -2.11. The summed E-state index contributed by atoms with van der Waals surface area (Å²) >= 11 is 0. The minimum atomic E-state index is -0.00814. The molecule has 0 fully saturated rings. The molecule has 3 aromatic rings. The maximum Gasteiger partial charge on any atom is 0.187 e. The van der Waals surface area contributed by atoms with Crippen molar-refractivity contribution in [1.82, 2.24) is 14.6 Å². The van der Waals surface area contributed by atoms with E-state index in [1.165, 1.54) is 0 Å². The molecule has 6 nitrogen and oxygen atoms in total. The van der Waals surface area contributed by atoms with Gasteiger partial charge in [-0.3, -0.25) is 4.79 Å². The van der Waals surface area contributed by atoms with Crippen molar-refractivity contribution in [3.8, 4) is 0 Å². The predicted molar refractivity (Wildman–Crippen MR) is 98.8 cm³/mol. The van der Waals surface area contributed by atoms with Crippen LogP contribution < -0.4 is 11.1 Å². The van der Waals surface area contributed by atoms with E-state index in [9.17, 15) is 4.79 Å². The highest BCUT2D eigenvalue weighted by Gasteiger charge is 2.14. The van der Waals surface area contributed by atoms with Gasteiger partial charge in [0.15, 0.2) is 11.4 Å². The number of nitrogens with two attached hydrogens (primary N) is 1. The number of aromatic nitrogens is 3. The first-order valence-corrected chi connectivity index (χ1v) is 8.61. The van der Waals surface area contributed by atoms with Gasteiger partial charge in [0.05, 0.1) is 6.20 Å². The van der Waals surface area contributed by atoms with Crippen molar-refractivity contribution in [2.75, 3.05) is 11.9 Å². The Hall–Kier alpha value is -2.73. The number of nitrogens with one attached hydrogen (secondary N) is 1. The second kappa shape index (κ2) is 7.90. The first-order valence-electron chi connectivity index (χ1n) is 8.61. The number of ketones is 1. The van der Waals surface area contributed by atoms with Crippen LogP contribution in [0.15, 0.2) is 42.6 Å². The topological polar surface area (TPSA) is 85.3 Å². The Morgan fingerprint density at radius 1 is 1.16 bits per heavy atom. The molecular formula is C19H23N5O. The fourth-order valence-corrected chi connectivity index (χ4v) is 2.62. The lowest BCUT2D eigenvalue weighted by Gasteiger charge is -2.06. The average Bonchev–Trinajstić information content (AvgIpc) is 3.06. The van der Waals surface area contributed by atoms with Gasteiger partial charge in [0, 0.05) is 19.5 Å². The van der Waals surface area contributed by atoms with Gasteiger partial charge in [-0.1, -0.05) is 37.6 Å². The zero-order chi connectivity index (χ0) is 17.6. The van der Waals surface area contributed by atoms with E-state index >= 15 is 0 Å². The number of Topliss-reactive ketones (excluding diaryl/α,β-unsaturated/α-hetero) is 1. The fraction of sp³-hybridized carbons (Fsp3) is 0.316. The van der Waals surface area contributed by atoms with Crippen molar-refractivity contribution in [2.24, 2.45) is 5.73 Å². The minimum absolute atomic E-state index is 0.00814. The van der Waals surface area contributed by atoms with Crippen LogP contribution in [-0.2, 0) is 13.0 Å². The Kier molecular flexibility index (Phi) is 5.40. The van der Waals surface area contributed by atoms with Crippen molar-refractivity contribution in [2.45, 2.75) is 32.7 Å². The summed E-state index contributed by atoms with van der Waals surface area (Å²) in [6.07, 6.45) is 4.10. The number of benzene rings is 1. The molecule has 0 bridgehead atoms. The number of hydrogen-bond acceptors (Lipinski definition) is 5. The maximum atomic E-state index is 12.7. The molecule has 0 atom stereocenters. The summed E-state index contributed by atoms with van der Waals surface area (Å²) in [5.74, 6) is 0.742. The Bertz CT molecular complexity index is 854. The summed E-state index contributed by atoms with van der Waals surface area (Å²) < 4.78 is 1.62. The molecule has 1 aromatic carbocycles. The summed E-state index contributed by atoms with van der Waals surface area (Å²) in [6.45, 7) is 3.50. The molecule has 25 heavy (non-hydrogen) atoms. The monoisotopic (exact) mass is 337 g/mol. The second-order valence-electron chi connectivity index (χ2n) is 6.03. The molecular weight excluding hydrogens is 314 g/mol. The molecule has 0 aliphatic carbocycles. The van der Waals surface area contributed by atoms with Crippen LogP contribution >= 0.6 is 0 Å². The van der Waals surface area contributed by atoms with Crippen molar-refractivity contribution in [1.29, 1.82) is 0 Å². The third kappa shape index (κ3) is 4.03. The predicted octanol–water partition coefficient (Wildman–Crippen LogP) is 2.83. The fourth-order valence-electron chi connectivity index (χ4n) is 2.62. The standard InChI is InChI=1S/C19H23N5O/c1-2-3-10-21-18-8-9-19-22-13-16(24(19)23-18)17(25)11-14-4-6-15(12-20)7-5-14/h4-9,13H,2-3,10-12,20H2,1H3,(H,21,23). The van der Waals surface area contributed by atoms with Crippen LogP contribution in [0.3, 0.4) is 0 Å². The zero-order valence-corrected chi connectivity index (χ0v) is 14.4. The van der Waals surface area contributed by atoms with E-state index in [2.05, 4.69) is 22.3 Å². The van der Waals surface area contributed by atoms with E-state index in [1.807, 2.05) is 36.4 Å². The average molecular weight is 337 g/mol. The molecule has 0 saturated carbocycles. The molecule has 0 radical (unpaired) electrons. The van der Waals surface area contributed by atoms with Crippen molar-refractivity contribution >= 4 is 17.2 Å². The molecule has 0 saturated heterocycles. The number of rotatable bonds is 8. The summed E-state index contributed by atoms with van der Waals surface area (Å²) in [6, 6.07) is 11.5. The van der Waals surface area contributed by atoms with Gasteiger partial charge in [-0.15, -0.1) is 5.10 Å². The van der Waals surface area contributed by atoms with Crippen LogP contribution in [0.5, 0.6) is 0 Å². The van der Waals surface area contributed by atoms with Crippen molar-refractivity contribution in [3.63, 3.8) is 0 Å². The van der Waals surface area contributed by atoms with Gasteiger partial charge in [-0.2, -0.15) is 0 Å². The molecule has 3 rings (SSSR count). The Morgan fingerprint density at radius 2 is 1.92 bits per heavy atom. The highest BCUT2D eigenvalue weighted by Crippen LogP contribution is 2.13. The van der Waals surface area contributed by atoms with Crippen molar-refractivity contribution in [3.05, 3.63) is 59.4 Å². The van der Waals surface area contributed by atoms with E-state index < -0.39 is 0 Å². The smallest absolute Gasteiger partial charge is 0.187 e. The zero-order valence-electron chi connectivity index (χ0n) is 14.4. The molecule has 3 N–H and O–H groups in total. The molecule has 0 spiro atoms. The molecule has 0 amide bonds. The summed E-state index contributed by atoms with van der Waals surface area (Å²) in [4.78, 5) is 17.0. The van der Waals surface area contributed by atoms with Gasteiger partial charge < -0.3 is 11.1 Å². The summed E-state index contributed by atoms with van der Waals surface area (Å²) in [7, 11) is 0. The maximum absolute atomic E-state index is 12.7. The summed E-state index contributed by atoms with van der Waals surface area (Å²) in [5, 5.41) is 7.78. The number of carbonyl (C=O) groups is 1. The summed E-state index contributed by atoms with van der Waals surface area (Å²) in [5.41, 5.74) is 8.78. The van der Waals surface area contributed by atoms with Gasteiger partial charge in [0.2, 0.25) is 0 Å². The molecule has 2 aromatic heterocycles. The Morgan fingerprint density at radius 3 is 2.64 bits per heavy atom. The van der Waals surface area contributed by atoms with E-state index in [0.717, 1.165) is 36.3 Å². The number of fused-ring (bicyclic) bond motifs is 1. The number of nitrogens with zero attached hydrogens (tertiary/aromatic N) is 3. The van der Waals surface area contributed by atoms with Gasteiger partial charge in [-0.05, 0) is 29.7 Å². The SMILES string of the molecule is CCCCNc1ccc2ncc(C(=O)Cc3ccc(CN)cc3)n2n1. The van der Waals surface area contributed by atoms with Gasteiger partial charge in [0.25, 0.3) is 0 Å². The lowest BCUT2D eigenvalue weighted by atomic mass is 10.1. The van der Waals surface area contributed by atoms with Crippen molar-refractivity contribution < 1.29 is 4.79 Å². The number of anilines is 1.